The summed E-state index contributed by atoms with van der Waals surface area (Å²) in [7, 11) is 0. The van der Waals surface area contributed by atoms with Gasteiger partial charge < -0.3 is 14.2 Å². The number of anilines is 6. The molecule has 1 heterocycles. The van der Waals surface area contributed by atoms with Crippen molar-refractivity contribution in [3.8, 4) is 44.5 Å². The van der Waals surface area contributed by atoms with Gasteiger partial charge in [0.1, 0.15) is 11.2 Å². The number of fused-ring (bicyclic) bond motifs is 6. The summed E-state index contributed by atoms with van der Waals surface area (Å²) in [5, 5.41) is 2.24. The molecule has 11 aromatic rings. The van der Waals surface area contributed by atoms with Crippen molar-refractivity contribution in [2.45, 2.75) is 19.3 Å². The van der Waals surface area contributed by atoms with E-state index in [1.165, 1.54) is 33.4 Å². The zero-order chi connectivity index (χ0) is 44.2. The Bertz CT molecular complexity index is 3540. The van der Waals surface area contributed by atoms with Gasteiger partial charge in [-0.25, -0.2) is 0 Å². The molecule has 12 rings (SSSR count). The van der Waals surface area contributed by atoms with E-state index >= 15 is 0 Å². The predicted octanol–water partition coefficient (Wildman–Crippen LogP) is 17.8. The minimum absolute atomic E-state index is 0.0949. The number of rotatable bonds is 9. The van der Waals surface area contributed by atoms with Crippen molar-refractivity contribution >= 4 is 56.1 Å². The van der Waals surface area contributed by atoms with Crippen molar-refractivity contribution in [3.63, 3.8) is 0 Å². The van der Waals surface area contributed by atoms with Gasteiger partial charge in [-0.15, -0.1) is 0 Å². The van der Waals surface area contributed by atoms with Gasteiger partial charge in [0, 0.05) is 56.4 Å². The minimum atomic E-state index is -0.0949. The van der Waals surface area contributed by atoms with Crippen LogP contribution in [0.1, 0.15) is 25.0 Å². The molecule has 0 atom stereocenters. The zero-order valence-corrected chi connectivity index (χ0v) is 36.9. The van der Waals surface area contributed by atoms with Crippen molar-refractivity contribution < 1.29 is 4.42 Å². The smallest absolute Gasteiger partial charge is 0.137 e. The fourth-order valence-electron chi connectivity index (χ4n) is 10.1. The number of nitrogens with zero attached hydrogens (tertiary/aromatic N) is 2. The molecule has 0 amide bonds. The van der Waals surface area contributed by atoms with Gasteiger partial charge >= 0.3 is 0 Å². The lowest BCUT2D eigenvalue weighted by Gasteiger charge is -2.28. The summed E-state index contributed by atoms with van der Waals surface area (Å²) >= 11 is 0. The normalized spacial score (nSPS) is 12.5. The van der Waals surface area contributed by atoms with Crippen LogP contribution in [0.3, 0.4) is 0 Å². The van der Waals surface area contributed by atoms with Gasteiger partial charge in [-0.1, -0.05) is 153 Å². The van der Waals surface area contributed by atoms with Crippen LogP contribution < -0.4 is 9.80 Å². The Labute approximate surface area is 386 Å². The van der Waals surface area contributed by atoms with Crippen molar-refractivity contribution in [1.82, 2.24) is 0 Å². The van der Waals surface area contributed by atoms with Gasteiger partial charge in [0.15, 0.2) is 0 Å². The standard InChI is InChI=1S/C63H46N2O/c1-63(2)59-24-14-12-22-55(59)56-36-34-53(41-60(56)63)64(49-18-8-4-9-19-49)51-30-26-44(27-31-51)47-38-46(43-16-6-3-7-17-43)39-48(40-47)45-28-32-52(33-29-45)65(50-20-10-5-11-21-50)54-35-37-58-57-23-13-15-25-61(57)66-62(58)42-54/h3-42H,1-2H3. The van der Waals surface area contributed by atoms with Crippen LogP contribution in [0.4, 0.5) is 34.1 Å². The minimum Gasteiger partial charge on any atom is -0.456 e. The van der Waals surface area contributed by atoms with E-state index < -0.39 is 0 Å². The van der Waals surface area contributed by atoms with Crippen LogP contribution in [0.2, 0.25) is 0 Å². The average Bonchev–Trinajstić information content (AvgIpc) is 3.86. The largest absolute Gasteiger partial charge is 0.456 e. The fraction of sp³-hybridized carbons (Fsp3) is 0.0476. The monoisotopic (exact) mass is 846 g/mol. The van der Waals surface area contributed by atoms with E-state index in [2.05, 4.69) is 254 Å². The SMILES string of the molecule is CC1(C)c2ccccc2-c2ccc(N(c3ccccc3)c3ccc(-c4cc(-c5ccccc5)cc(-c5ccc(N(c6ccccc6)c6ccc7c(c6)oc6ccccc67)cc5)c4)cc3)cc21. The number of benzene rings is 10. The summed E-state index contributed by atoms with van der Waals surface area (Å²) in [6.07, 6.45) is 0. The molecule has 0 bridgehead atoms. The van der Waals surface area contributed by atoms with E-state index in [1.54, 1.807) is 0 Å². The first-order chi connectivity index (χ1) is 32.5. The van der Waals surface area contributed by atoms with E-state index in [1.807, 2.05) is 12.1 Å². The summed E-state index contributed by atoms with van der Waals surface area (Å²) in [5.74, 6) is 0. The van der Waals surface area contributed by atoms with Gasteiger partial charge in [-0.05, 0) is 153 Å². The molecule has 0 aliphatic heterocycles. The van der Waals surface area contributed by atoms with Gasteiger partial charge in [-0.2, -0.15) is 0 Å². The molecular weight excluding hydrogens is 801 g/mol. The molecule has 1 aliphatic rings. The van der Waals surface area contributed by atoms with E-state index in [-0.39, 0.29) is 5.41 Å². The van der Waals surface area contributed by atoms with Crippen LogP contribution in [-0.4, -0.2) is 0 Å². The van der Waals surface area contributed by atoms with E-state index in [0.29, 0.717) is 0 Å². The molecule has 0 unspecified atom stereocenters. The zero-order valence-electron chi connectivity index (χ0n) is 36.9. The highest BCUT2D eigenvalue weighted by atomic mass is 16.3. The van der Waals surface area contributed by atoms with Gasteiger partial charge in [0.25, 0.3) is 0 Å². The van der Waals surface area contributed by atoms with E-state index in [9.17, 15) is 0 Å². The maximum absolute atomic E-state index is 6.35. The molecule has 3 heteroatoms. The molecule has 0 radical (unpaired) electrons. The van der Waals surface area contributed by atoms with Crippen LogP contribution in [0, 0.1) is 0 Å². The molecule has 0 saturated heterocycles. The molecule has 0 N–H and O–H groups in total. The van der Waals surface area contributed by atoms with Crippen LogP contribution in [-0.2, 0) is 5.41 Å². The molecule has 1 aromatic heterocycles. The maximum atomic E-state index is 6.35. The van der Waals surface area contributed by atoms with E-state index in [0.717, 1.165) is 78.3 Å². The lowest BCUT2D eigenvalue weighted by molar-refractivity contribution is 0.660. The number of furan rings is 1. The molecule has 10 aromatic carbocycles. The predicted molar refractivity (Wildman–Crippen MR) is 277 cm³/mol. The molecule has 1 aliphatic carbocycles. The molecule has 0 spiro atoms. The Balaban J connectivity index is 0.912. The Kier molecular flexibility index (Phi) is 9.50. The number of hydrogen-bond donors (Lipinski definition) is 0. The van der Waals surface area contributed by atoms with Crippen molar-refractivity contribution in [3.05, 3.63) is 254 Å². The topological polar surface area (TPSA) is 19.6 Å². The molecular formula is C63H46N2O. The van der Waals surface area contributed by atoms with Crippen LogP contribution in [0.15, 0.2) is 247 Å². The Morgan fingerprint density at radius 2 is 0.712 bits per heavy atom. The van der Waals surface area contributed by atoms with E-state index in [4.69, 9.17) is 4.42 Å². The highest BCUT2D eigenvalue weighted by Crippen LogP contribution is 2.51. The second-order valence-corrected chi connectivity index (χ2v) is 17.8. The molecule has 3 nitrogen and oxygen atoms in total. The summed E-state index contributed by atoms with van der Waals surface area (Å²) in [5.41, 5.74) is 20.6. The first-order valence-corrected chi connectivity index (χ1v) is 22.7. The fourth-order valence-corrected chi connectivity index (χ4v) is 10.1. The average molecular weight is 847 g/mol. The van der Waals surface area contributed by atoms with Gasteiger partial charge in [0.2, 0.25) is 0 Å². The molecule has 314 valence electrons. The van der Waals surface area contributed by atoms with Gasteiger partial charge in [-0.3, -0.25) is 0 Å². The van der Waals surface area contributed by atoms with Crippen molar-refractivity contribution in [2.75, 3.05) is 9.80 Å². The van der Waals surface area contributed by atoms with Gasteiger partial charge in [0.05, 0.1) is 0 Å². The molecule has 0 fully saturated rings. The lowest BCUT2D eigenvalue weighted by Crippen LogP contribution is -2.16. The maximum Gasteiger partial charge on any atom is 0.137 e. The van der Waals surface area contributed by atoms with Crippen molar-refractivity contribution in [2.24, 2.45) is 0 Å². The van der Waals surface area contributed by atoms with Crippen LogP contribution in [0.25, 0.3) is 66.4 Å². The third-order valence-corrected chi connectivity index (χ3v) is 13.4. The van der Waals surface area contributed by atoms with Crippen LogP contribution in [0.5, 0.6) is 0 Å². The van der Waals surface area contributed by atoms with Crippen LogP contribution >= 0.6 is 0 Å². The summed E-state index contributed by atoms with van der Waals surface area (Å²) in [6, 6.07) is 87.5. The lowest BCUT2D eigenvalue weighted by atomic mass is 9.82. The Morgan fingerprint density at radius 3 is 1.32 bits per heavy atom. The molecule has 66 heavy (non-hydrogen) atoms. The number of para-hydroxylation sites is 3. The third kappa shape index (κ3) is 6.85. The summed E-state index contributed by atoms with van der Waals surface area (Å²) in [4.78, 5) is 4.68. The number of hydrogen-bond acceptors (Lipinski definition) is 3. The third-order valence-electron chi connectivity index (χ3n) is 13.4. The quantitative estimate of drug-likeness (QED) is 0.144. The first kappa shape index (κ1) is 39.2. The highest BCUT2D eigenvalue weighted by Gasteiger charge is 2.35. The first-order valence-electron chi connectivity index (χ1n) is 22.7. The summed E-state index contributed by atoms with van der Waals surface area (Å²) in [6.45, 7) is 4.69. The second kappa shape index (κ2) is 16.0. The highest BCUT2D eigenvalue weighted by molar-refractivity contribution is 6.06. The second-order valence-electron chi connectivity index (χ2n) is 17.8. The molecule has 0 saturated carbocycles. The Morgan fingerprint density at radius 1 is 0.288 bits per heavy atom. The van der Waals surface area contributed by atoms with Crippen molar-refractivity contribution in [1.29, 1.82) is 0 Å². The summed E-state index contributed by atoms with van der Waals surface area (Å²) < 4.78 is 6.35. The Hall–Kier alpha value is -8.40.